The van der Waals surface area contributed by atoms with Crippen molar-refractivity contribution in [3.63, 3.8) is 0 Å². The Morgan fingerprint density at radius 3 is 1.94 bits per heavy atom. The van der Waals surface area contributed by atoms with Crippen LogP contribution in [0.4, 0.5) is 0 Å². The van der Waals surface area contributed by atoms with Crippen molar-refractivity contribution in [2.75, 3.05) is 0 Å². The van der Waals surface area contributed by atoms with Crippen molar-refractivity contribution in [3.8, 4) is 0 Å². The highest BCUT2D eigenvalue weighted by Gasteiger charge is 2.46. The van der Waals surface area contributed by atoms with Crippen molar-refractivity contribution in [3.05, 3.63) is 11.6 Å². The molecule has 0 saturated heterocycles. The Balaban J connectivity index is 0. The Morgan fingerprint density at radius 2 is 1.44 bits per heavy atom. The van der Waals surface area contributed by atoms with Gasteiger partial charge in [0.25, 0.3) is 0 Å². The Labute approximate surface area is 232 Å². The highest BCUT2D eigenvalue weighted by atomic mass is 14.5. The van der Waals surface area contributed by atoms with Crippen molar-refractivity contribution in [1.29, 1.82) is 0 Å². The number of hydrogen-bond donors (Lipinski definition) is 0. The van der Waals surface area contributed by atoms with E-state index in [-0.39, 0.29) is 0 Å². The molecule has 2 aliphatic carbocycles. The summed E-state index contributed by atoms with van der Waals surface area (Å²) in [6.45, 7) is 29.8. The van der Waals surface area contributed by atoms with Gasteiger partial charge in [0.2, 0.25) is 0 Å². The van der Waals surface area contributed by atoms with E-state index in [9.17, 15) is 0 Å². The molecule has 0 aromatic rings. The van der Waals surface area contributed by atoms with Crippen molar-refractivity contribution in [1.82, 2.24) is 0 Å². The van der Waals surface area contributed by atoms with Crippen LogP contribution in [0.3, 0.4) is 0 Å². The highest BCUT2D eigenvalue weighted by Crippen LogP contribution is 2.56. The number of rotatable bonds is 9. The van der Waals surface area contributed by atoms with Gasteiger partial charge >= 0.3 is 0 Å². The fraction of sp³-hybridized carbons (Fsp3) is 0.944. The van der Waals surface area contributed by atoms with Crippen LogP contribution in [0.2, 0.25) is 0 Å². The molecule has 0 heteroatoms. The summed E-state index contributed by atoms with van der Waals surface area (Å²) in [5, 5.41) is 0. The third-order valence-corrected chi connectivity index (χ3v) is 9.81. The monoisotopic (exact) mass is 507 g/mol. The molecule has 218 valence electrons. The van der Waals surface area contributed by atoms with Crippen LogP contribution in [-0.4, -0.2) is 0 Å². The minimum atomic E-state index is 0.429. The number of allylic oxidation sites excluding steroid dienone is 2. The quantitative estimate of drug-likeness (QED) is 0.215. The van der Waals surface area contributed by atoms with Gasteiger partial charge in [0.1, 0.15) is 0 Å². The average molecular weight is 507 g/mol. The topological polar surface area (TPSA) is 0 Å². The fourth-order valence-electron chi connectivity index (χ4n) is 7.02. The summed E-state index contributed by atoms with van der Waals surface area (Å²) < 4.78 is 0. The third-order valence-electron chi connectivity index (χ3n) is 9.81. The van der Waals surface area contributed by atoms with Crippen LogP contribution < -0.4 is 0 Å². The largest absolute Gasteiger partial charge is 0.0848 e. The van der Waals surface area contributed by atoms with E-state index in [4.69, 9.17) is 0 Å². The minimum absolute atomic E-state index is 0.429. The van der Waals surface area contributed by atoms with E-state index >= 15 is 0 Å². The molecule has 1 fully saturated rings. The molecule has 2 rings (SSSR count). The molecule has 0 aliphatic heterocycles. The standard InChI is InChI=1S/C28H52.C4H10.2C2H6/c1-8-20-27(6)23(5)19-21-28(7)25(14-11-10-13-22(3)4)17-18-26(28)16-12-15-24(27)9-2;1-3-4-2;2*1-2/h15,22-23,25-26H,8-14,16-21H2,1-7H3;3-4H2,1-2H3;2*1-2H3/b24-15-;;;. The summed E-state index contributed by atoms with van der Waals surface area (Å²) in [5.41, 5.74) is 2.81. The molecule has 0 nitrogen and oxygen atoms in total. The zero-order chi connectivity index (χ0) is 28.2. The summed E-state index contributed by atoms with van der Waals surface area (Å²) >= 11 is 0. The van der Waals surface area contributed by atoms with Crippen LogP contribution >= 0.6 is 0 Å². The molecule has 1 saturated carbocycles. The van der Waals surface area contributed by atoms with Gasteiger partial charge in [-0.05, 0) is 92.3 Å². The van der Waals surface area contributed by atoms with E-state index in [0.29, 0.717) is 10.8 Å². The first-order chi connectivity index (χ1) is 17.2. The normalized spacial score (nSPS) is 31.4. The van der Waals surface area contributed by atoms with Crippen LogP contribution in [0, 0.1) is 34.5 Å². The van der Waals surface area contributed by atoms with Crippen LogP contribution in [0.1, 0.15) is 186 Å². The Bertz CT molecular complexity index is 512. The molecule has 0 bridgehead atoms. The van der Waals surface area contributed by atoms with Gasteiger partial charge in [-0.1, -0.05) is 140 Å². The van der Waals surface area contributed by atoms with Crippen molar-refractivity contribution >= 4 is 0 Å². The Hall–Kier alpha value is -0.260. The van der Waals surface area contributed by atoms with E-state index in [1.807, 2.05) is 27.7 Å². The average Bonchev–Trinajstić information content (AvgIpc) is 3.20. The maximum absolute atomic E-state index is 2.70. The van der Waals surface area contributed by atoms with Gasteiger partial charge in [-0.15, -0.1) is 0 Å². The molecule has 0 aromatic carbocycles. The van der Waals surface area contributed by atoms with Crippen LogP contribution in [0.25, 0.3) is 0 Å². The molecule has 0 radical (unpaired) electrons. The maximum atomic E-state index is 2.70. The molecule has 0 aromatic heterocycles. The van der Waals surface area contributed by atoms with E-state index in [0.717, 1.165) is 23.7 Å². The second kappa shape index (κ2) is 21.6. The molecule has 36 heavy (non-hydrogen) atoms. The molecule has 0 heterocycles. The summed E-state index contributed by atoms with van der Waals surface area (Å²) in [4.78, 5) is 0. The van der Waals surface area contributed by atoms with Crippen LogP contribution in [-0.2, 0) is 0 Å². The summed E-state index contributed by atoms with van der Waals surface area (Å²) in [7, 11) is 0. The third kappa shape index (κ3) is 12.1. The van der Waals surface area contributed by atoms with Gasteiger partial charge in [0.15, 0.2) is 0 Å². The Morgan fingerprint density at radius 1 is 0.833 bits per heavy atom. The second-order valence-corrected chi connectivity index (χ2v) is 12.4. The second-order valence-electron chi connectivity index (χ2n) is 12.4. The summed E-state index contributed by atoms with van der Waals surface area (Å²) in [6, 6.07) is 0. The molecule has 0 amide bonds. The summed E-state index contributed by atoms with van der Waals surface area (Å²) in [5.74, 6) is 3.65. The molecule has 0 spiro atoms. The lowest BCUT2D eigenvalue weighted by Crippen LogP contribution is -2.34. The van der Waals surface area contributed by atoms with Gasteiger partial charge in [-0.2, -0.15) is 0 Å². The molecule has 2 aliphatic rings. The van der Waals surface area contributed by atoms with Gasteiger partial charge < -0.3 is 0 Å². The zero-order valence-electron chi connectivity index (χ0n) is 28.0. The van der Waals surface area contributed by atoms with E-state index in [1.54, 1.807) is 5.57 Å². The summed E-state index contributed by atoms with van der Waals surface area (Å²) in [6.07, 6.45) is 23.8. The smallest absolute Gasteiger partial charge is 0.00910 e. The van der Waals surface area contributed by atoms with Gasteiger partial charge in [0, 0.05) is 0 Å². The van der Waals surface area contributed by atoms with Gasteiger partial charge in [0.05, 0.1) is 0 Å². The van der Waals surface area contributed by atoms with Crippen LogP contribution in [0.5, 0.6) is 0 Å². The Kier molecular flexibility index (Phi) is 22.8. The first kappa shape index (κ1) is 37.9. The minimum Gasteiger partial charge on any atom is -0.0848 e. The lowest BCUT2D eigenvalue weighted by atomic mass is 9.61. The SMILES string of the molecule is CC.CC.CCCC.CCCC1(C)/C(CC)=C\CCC2CCC(CCCCC(C)C)C2(C)CCC1C. The molecule has 5 atom stereocenters. The fourth-order valence-corrected chi connectivity index (χ4v) is 7.02. The molecule has 0 N–H and O–H groups in total. The van der Waals surface area contributed by atoms with Gasteiger partial charge in [-0.3, -0.25) is 0 Å². The lowest BCUT2D eigenvalue weighted by Gasteiger charge is -2.44. The van der Waals surface area contributed by atoms with E-state index in [2.05, 4.69) is 68.4 Å². The highest BCUT2D eigenvalue weighted by molar-refractivity contribution is 5.16. The predicted octanol–water partition coefficient (Wildman–Crippen LogP) is 13.4. The first-order valence-corrected chi connectivity index (χ1v) is 16.9. The molecule has 5 unspecified atom stereocenters. The van der Waals surface area contributed by atoms with Crippen molar-refractivity contribution in [2.45, 2.75) is 186 Å². The van der Waals surface area contributed by atoms with Crippen LogP contribution in [0.15, 0.2) is 11.6 Å². The number of unbranched alkanes of at least 4 members (excludes halogenated alkanes) is 2. The predicted molar refractivity (Wildman–Crippen MR) is 170 cm³/mol. The number of hydrogen-bond acceptors (Lipinski definition) is 0. The van der Waals surface area contributed by atoms with Crippen molar-refractivity contribution in [2.24, 2.45) is 34.5 Å². The lowest BCUT2D eigenvalue weighted by molar-refractivity contribution is 0.0956. The molecular formula is C36H74. The van der Waals surface area contributed by atoms with E-state index in [1.165, 1.54) is 96.3 Å². The van der Waals surface area contributed by atoms with Crippen molar-refractivity contribution < 1.29 is 0 Å². The molecular weight excluding hydrogens is 432 g/mol. The first-order valence-electron chi connectivity index (χ1n) is 16.9. The zero-order valence-corrected chi connectivity index (χ0v) is 28.0. The van der Waals surface area contributed by atoms with Gasteiger partial charge in [-0.25, -0.2) is 0 Å². The maximum Gasteiger partial charge on any atom is -0.00910 e. The van der Waals surface area contributed by atoms with E-state index < -0.39 is 0 Å². The number of fused-ring (bicyclic) bond motifs is 1.